The van der Waals surface area contributed by atoms with Crippen LogP contribution in [0.15, 0.2) is 4.99 Å². The summed E-state index contributed by atoms with van der Waals surface area (Å²) in [5, 5.41) is 4.68. The summed E-state index contributed by atoms with van der Waals surface area (Å²) in [6.45, 7) is 3.01. The minimum Gasteiger partial charge on any atom is -0.385 e. The van der Waals surface area contributed by atoms with Gasteiger partial charge in [-0.3, -0.25) is 4.99 Å². The second-order valence-corrected chi connectivity index (χ2v) is 6.92. The molecule has 1 aliphatic heterocycles. The maximum Gasteiger partial charge on any atom is 0.156 e. The third kappa shape index (κ3) is 4.99. The molecule has 0 aromatic rings. The first-order valence-corrected chi connectivity index (χ1v) is 8.73. The predicted octanol–water partition coefficient (Wildman–Crippen LogP) is 3.45. The molecule has 0 aromatic carbocycles. The summed E-state index contributed by atoms with van der Waals surface area (Å²) in [5.74, 6) is 1.28. The molecule has 0 radical (unpaired) electrons. The summed E-state index contributed by atoms with van der Waals surface area (Å²) in [7, 11) is 1.77. The van der Waals surface area contributed by atoms with Crippen LogP contribution < -0.4 is 5.32 Å². The highest BCUT2D eigenvalue weighted by molar-refractivity contribution is 8.13. The molecule has 1 fully saturated rings. The van der Waals surface area contributed by atoms with E-state index in [-0.39, 0.29) is 0 Å². The summed E-state index contributed by atoms with van der Waals surface area (Å²) in [4.78, 5) is 4.78. The van der Waals surface area contributed by atoms with E-state index in [0.29, 0.717) is 5.41 Å². The molecular weight excluding hydrogens is 256 g/mol. The Bertz CT molecular complexity index is 288. The molecule has 0 atom stereocenters. The molecule has 1 heterocycles. The highest BCUT2D eigenvalue weighted by Crippen LogP contribution is 2.41. The van der Waals surface area contributed by atoms with Gasteiger partial charge in [-0.1, -0.05) is 31.0 Å². The zero-order valence-corrected chi connectivity index (χ0v) is 13.1. The van der Waals surface area contributed by atoms with Crippen molar-refractivity contribution in [2.24, 2.45) is 10.4 Å². The molecule has 110 valence electrons. The van der Waals surface area contributed by atoms with Crippen molar-refractivity contribution < 1.29 is 4.74 Å². The van der Waals surface area contributed by atoms with Crippen molar-refractivity contribution in [2.75, 3.05) is 32.6 Å². The number of hydrogen-bond acceptors (Lipinski definition) is 4. The Labute approximate surface area is 122 Å². The standard InChI is InChI=1S/C15H28N2OS/c1-18-11-7-3-6-10-16-14-17-12-15(13-19-14)8-4-2-5-9-15/h2-13H2,1H3,(H,16,17). The highest BCUT2D eigenvalue weighted by atomic mass is 32.2. The largest absolute Gasteiger partial charge is 0.385 e. The monoisotopic (exact) mass is 284 g/mol. The fourth-order valence-electron chi connectivity index (χ4n) is 3.01. The van der Waals surface area contributed by atoms with Gasteiger partial charge in [0, 0.05) is 32.6 Å². The molecule has 1 spiro atoms. The van der Waals surface area contributed by atoms with Crippen molar-refractivity contribution in [1.29, 1.82) is 0 Å². The SMILES string of the molecule is COCCCCCNC1=NCC2(CCCCC2)CS1. The van der Waals surface area contributed by atoms with Gasteiger partial charge in [-0.15, -0.1) is 0 Å². The summed E-state index contributed by atoms with van der Waals surface area (Å²) in [6.07, 6.45) is 10.7. The Morgan fingerprint density at radius 3 is 2.74 bits per heavy atom. The Balaban J connectivity index is 1.61. The summed E-state index contributed by atoms with van der Waals surface area (Å²) < 4.78 is 5.05. The number of nitrogens with one attached hydrogen (secondary N) is 1. The normalized spacial score (nSPS) is 22.3. The molecule has 19 heavy (non-hydrogen) atoms. The number of rotatable bonds is 6. The molecule has 0 unspecified atom stereocenters. The summed E-state index contributed by atoms with van der Waals surface area (Å²) in [6, 6.07) is 0. The summed E-state index contributed by atoms with van der Waals surface area (Å²) >= 11 is 1.95. The van der Waals surface area contributed by atoms with Crippen LogP contribution in [-0.2, 0) is 4.74 Å². The Hall–Kier alpha value is -0.220. The van der Waals surface area contributed by atoms with Gasteiger partial charge in [0.25, 0.3) is 0 Å². The second-order valence-electron chi connectivity index (χ2n) is 5.95. The van der Waals surface area contributed by atoms with Gasteiger partial charge in [-0.05, 0) is 37.5 Å². The van der Waals surface area contributed by atoms with Gasteiger partial charge in [0.1, 0.15) is 0 Å². The van der Waals surface area contributed by atoms with Crippen molar-refractivity contribution in [1.82, 2.24) is 5.32 Å². The van der Waals surface area contributed by atoms with Crippen LogP contribution in [0.2, 0.25) is 0 Å². The fourth-order valence-corrected chi connectivity index (χ4v) is 4.19. The Kier molecular flexibility index (Phi) is 6.51. The lowest BCUT2D eigenvalue weighted by Crippen LogP contribution is -2.37. The van der Waals surface area contributed by atoms with E-state index < -0.39 is 0 Å². The van der Waals surface area contributed by atoms with E-state index >= 15 is 0 Å². The Morgan fingerprint density at radius 1 is 1.21 bits per heavy atom. The topological polar surface area (TPSA) is 33.6 Å². The van der Waals surface area contributed by atoms with E-state index in [2.05, 4.69) is 5.32 Å². The third-order valence-electron chi connectivity index (χ3n) is 4.29. The number of aliphatic imine (C=N–C) groups is 1. The van der Waals surface area contributed by atoms with E-state index in [1.54, 1.807) is 7.11 Å². The lowest BCUT2D eigenvalue weighted by molar-refractivity contribution is 0.192. The van der Waals surface area contributed by atoms with Gasteiger partial charge in [-0.2, -0.15) is 0 Å². The van der Waals surface area contributed by atoms with Crippen LogP contribution >= 0.6 is 11.8 Å². The van der Waals surface area contributed by atoms with Gasteiger partial charge in [0.15, 0.2) is 5.17 Å². The van der Waals surface area contributed by atoms with E-state index in [1.165, 1.54) is 62.3 Å². The zero-order chi connectivity index (χ0) is 13.4. The molecule has 2 aliphatic rings. The van der Waals surface area contributed by atoms with Gasteiger partial charge >= 0.3 is 0 Å². The van der Waals surface area contributed by atoms with Gasteiger partial charge < -0.3 is 10.1 Å². The van der Waals surface area contributed by atoms with Gasteiger partial charge in [0.05, 0.1) is 0 Å². The number of hydrogen-bond donors (Lipinski definition) is 1. The van der Waals surface area contributed by atoms with Crippen LogP contribution in [-0.4, -0.2) is 37.7 Å². The van der Waals surface area contributed by atoms with Gasteiger partial charge in [-0.25, -0.2) is 0 Å². The molecule has 1 N–H and O–H groups in total. The fraction of sp³-hybridized carbons (Fsp3) is 0.933. The number of methoxy groups -OCH3 is 1. The first kappa shape index (κ1) is 15.2. The van der Waals surface area contributed by atoms with Crippen molar-refractivity contribution in [2.45, 2.75) is 51.4 Å². The van der Waals surface area contributed by atoms with E-state index in [0.717, 1.165) is 19.7 Å². The van der Waals surface area contributed by atoms with Gasteiger partial charge in [0.2, 0.25) is 0 Å². The summed E-state index contributed by atoms with van der Waals surface area (Å²) in [5.41, 5.74) is 0.548. The highest BCUT2D eigenvalue weighted by Gasteiger charge is 2.34. The zero-order valence-electron chi connectivity index (χ0n) is 12.2. The second kappa shape index (κ2) is 8.15. The van der Waals surface area contributed by atoms with Crippen LogP contribution in [0.3, 0.4) is 0 Å². The molecule has 3 nitrogen and oxygen atoms in total. The molecule has 2 rings (SSSR count). The maximum absolute atomic E-state index is 5.05. The van der Waals surface area contributed by atoms with E-state index in [9.17, 15) is 0 Å². The van der Waals surface area contributed by atoms with Crippen LogP contribution in [0.25, 0.3) is 0 Å². The molecule has 1 saturated carbocycles. The Morgan fingerprint density at radius 2 is 2.05 bits per heavy atom. The van der Waals surface area contributed by atoms with Crippen LogP contribution in [0, 0.1) is 5.41 Å². The van der Waals surface area contributed by atoms with E-state index in [1.807, 2.05) is 11.8 Å². The average Bonchev–Trinajstić information content (AvgIpc) is 2.46. The number of nitrogens with zero attached hydrogens (tertiary/aromatic N) is 1. The number of thioether (sulfide) groups is 1. The lowest BCUT2D eigenvalue weighted by atomic mass is 9.75. The predicted molar refractivity (Wildman–Crippen MR) is 84.0 cm³/mol. The average molecular weight is 284 g/mol. The smallest absolute Gasteiger partial charge is 0.156 e. The third-order valence-corrected chi connectivity index (χ3v) is 5.59. The van der Waals surface area contributed by atoms with Crippen LogP contribution in [0.5, 0.6) is 0 Å². The van der Waals surface area contributed by atoms with Crippen LogP contribution in [0.4, 0.5) is 0 Å². The lowest BCUT2D eigenvalue weighted by Gasteiger charge is -2.38. The number of ether oxygens (including phenoxy) is 1. The quantitative estimate of drug-likeness (QED) is 0.759. The molecule has 0 aromatic heterocycles. The van der Waals surface area contributed by atoms with Crippen molar-refractivity contribution in [3.63, 3.8) is 0 Å². The number of unbranched alkanes of at least 4 members (excludes halogenated alkanes) is 2. The minimum atomic E-state index is 0.548. The maximum atomic E-state index is 5.05. The number of amidine groups is 1. The molecule has 1 aliphatic carbocycles. The minimum absolute atomic E-state index is 0.548. The van der Waals surface area contributed by atoms with Crippen LogP contribution in [0.1, 0.15) is 51.4 Å². The first-order valence-electron chi connectivity index (χ1n) is 7.75. The van der Waals surface area contributed by atoms with Crippen molar-refractivity contribution >= 4 is 16.9 Å². The van der Waals surface area contributed by atoms with Crippen molar-refractivity contribution in [3.8, 4) is 0 Å². The molecule has 0 bridgehead atoms. The van der Waals surface area contributed by atoms with Crippen molar-refractivity contribution in [3.05, 3.63) is 0 Å². The molecular formula is C15H28N2OS. The molecule has 0 amide bonds. The molecule has 0 saturated heterocycles. The van der Waals surface area contributed by atoms with E-state index in [4.69, 9.17) is 9.73 Å². The molecule has 4 heteroatoms. The first-order chi connectivity index (χ1) is 9.35.